The predicted octanol–water partition coefficient (Wildman–Crippen LogP) is 4.74. The largest absolute Gasteiger partial charge is 0.355 e. The van der Waals surface area contributed by atoms with Gasteiger partial charge in [-0.3, -0.25) is 0 Å². The van der Waals surface area contributed by atoms with E-state index in [-0.39, 0.29) is 0 Å². The van der Waals surface area contributed by atoms with Gasteiger partial charge in [-0.25, -0.2) is 0 Å². The molecule has 2 heteroatoms. The molecule has 0 bridgehead atoms. The lowest BCUT2D eigenvalue weighted by atomic mass is 9.94. The lowest BCUT2D eigenvalue weighted by molar-refractivity contribution is 0.976. The van der Waals surface area contributed by atoms with Gasteiger partial charge in [0, 0.05) is 22.0 Å². The van der Waals surface area contributed by atoms with Crippen LogP contribution in [0.4, 0.5) is 5.69 Å². The average molecular weight is 256 g/mol. The molecule has 0 spiro atoms. The Balaban J connectivity index is 1.92. The van der Waals surface area contributed by atoms with E-state index in [9.17, 15) is 0 Å². The summed E-state index contributed by atoms with van der Waals surface area (Å²) < 4.78 is 0. The van der Waals surface area contributed by atoms with Gasteiger partial charge in [-0.2, -0.15) is 0 Å². The monoisotopic (exact) mass is 255 g/mol. The van der Waals surface area contributed by atoms with Crippen LogP contribution in [0.15, 0.2) is 54.6 Å². The summed E-state index contributed by atoms with van der Waals surface area (Å²) in [6.07, 6.45) is 4.46. The first-order valence-corrected chi connectivity index (χ1v) is 6.52. The number of benzene rings is 2. The van der Waals surface area contributed by atoms with Gasteiger partial charge in [0.2, 0.25) is 0 Å². The minimum Gasteiger partial charge on any atom is -0.355 e. The Morgan fingerprint density at radius 2 is 1.89 bits per heavy atom. The zero-order valence-electron chi connectivity index (χ0n) is 9.99. The van der Waals surface area contributed by atoms with Crippen LogP contribution in [0.5, 0.6) is 0 Å². The topological polar surface area (TPSA) is 12.0 Å². The van der Waals surface area contributed by atoms with Crippen LogP contribution in [0.25, 0.3) is 5.70 Å². The van der Waals surface area contributed by atoms with Gasteiger partial charge in [-0.15, -0.1) is 0 Å². The molecule has 1 aliphatic carbocycles. The Labute approximate surface area is 112 Å². The van der Waals surface area contributed by atoms with E-state index in [2.05, 4.69) is 35.7 Å². The molecule has 2 aromatic carbocycles. The van der Waals surface area contributed by atoms with E-state index in [4.69, 9.17) is 11.6 Å². The highest BCUT2D eigenvalue weighted by molar-refractivity contribution is 6.30. The van der Waals surface area contributed by atoms with Gasteiger partial charge < -0.3 is 5.32 Å². The summed E-state index contributed by atoms with van der Waals surface area (Å²) in [7, 11) is 0. The van der Waals surface area contributed by atoms with Crippen LogP contribution < -0.4 is 5.32 Å². The van der Waals surface area contributed by atoms with E-state index in [1.165, 1.54) is 16.8 Å². The molecule has 0 aromatic heterocycles. The fraction of sp³-hybridized carbons (Fsp3) is 0.125. The molecule has 1 N–H and O–H groups in total. The number of nitrogens with one attached hydrogen (secondary N) is 1. The zero-order chi connectivity index (χ0) is 12.4. The number of aryl methyl sites for hydroxylation is 1. The summed E-state index contributed by atoms with van der Waals surface area (Å²) in [6.45, 7) is 0. The van der Waals surface area contributed by atoms with Gasteiger partial charge >= 0.3 is 0 Å². The minimum atomic E-state index is 0.754. The second-order valence-electron chi connectivity index (χ2n) is 4.45. The SMILES string of the molecule is Clc1cccc(NC2=CCCc3ccccc32)c1. The van der Waals surface area contributed by atoms with Crippen molar-refractivity contribution in [1.82, 2.24) is 0 Å². The summed E-state index contributed by atoms with van der Waals surface area (Å²) in [5.41, 5.74) is 4.91. The zero-order valence-corrected chi connectivity index (χ0v) is 10.7. The van der Waals surface area contributed by atoms with E-state index in [1.807, 2.05) is 24.3 Å². The number of anilines is 1. The fourth-order valence-corrected chi connectivity index (χ4v) is 2.51. The minimum absolute atomic E-state index is 0.754. The second-order valence-corrected chi connectivity index (χ2v) is 4.89. The van der Waals surface area contributed by atoms with Crippen molar-refractivity contribution in [3.63, 3.8) is 0 Å². The van der Waals surface area contributed by atoms with Crippen molar-refractivity contribution in [3.8, 4) is 0 Å². The van der Waals surface area contributed by atoms with Crippen LogP contribution in [0.3, 0.4) is 0 Å². The van der Waals surface area contributed by atoms with Gasteiger partial charge in [0.15, 0.2) is 0 Å². The van der Waals surface area contributed by atoms with Crippen molar-refractivity contribution < 1.29 is 0 Å². The molecular formula is C16H14ClN. The third kappa shape index (κ3) is 2.27. The summed E-state index contributed by atoms with van der Waals surface area (Å²) in [4.78, 5) is 0. The van der Waals surface area contributed by atoms with Crippen molar-refractivity contribution in [2.75, 3.05) is 5.32 Å². The third-order valence-electron chi connectivity index (χ3n) is 3.17. The maximum Gasteiger partial charge on any atom is 0.0426 e. The molecule has 0 heterocycles. The Hall–Kier alpha value is -1.73. The molecule has 2 aromatic rings. The van der Waals surface area contributed by atoms with Crippen LogP contribution in [0.2, 0.25) is 5.02 Å². The number of allylic oxidation sites excluding steroid dienone is 1. The molecule has 0 saturated carbocycles. The quantitative estimate of drug-likeness (QED) is 0.817. The first kappa shape index (κ1) is 11.4. The van der Waals surface area contributed by atoms with E-state index in [1.54, 1.807) is 0 Å². The number of halogens is 1. The second kappa shape index (κ2) is 4.87. The van der Waals surface area contributed by atoms with E-state index >= 15 is 0 Å². The summed E-state index contributed by atoms with van der Waals surface area (Å²) >= 11 is 6.00. The molecule has 0 fully saturated rings. The highest BCUT2D eigenvalue weighted by Crippen LogP contribution is 2.28. The van der Waals surface area contributed by atoms with Crippen LogP contribution in [-0.2, 0) is 6.42 Å². The van der Waals surface area contributed by atoms with Gasteiger partial charge in [0.1, 0.15) is 0 Å². The Kier molecular flexibility index (Phi) is 3.07. The van der Waals surface area contributed by atoms with Gasteiger partial charge in [0.05, 0.1) is 0 Å². The maximum atomic E-state index is 6.00. The standard InChI is InChI=1S/C16H14ClN/c17-13-7-4-8-14(11-13)18-16-10-3-6-12-5-1-2-9-15(12)16/h1-2,4-5,7-11,18H,3,6H2. The Morgan fingerprint density at radius 1 is 1.00 bits per heavy atom. The molecule has 0 radical (unpaired) electrons. The summed E-state index contributed by atoms with van der Waals surface area (Å²) in [6, 6.07) is 16.4. The van der Waals surface area contributed by atoms with E-state index in [0.717, 1.165) is 23.6 Å². The molecule has 1 nitrogen and oxygen atoms in total. The fourth-order valence-electron chi connectivity index (χ4n) is 2.32. The molecular weight excluding hydrogens is 242 g/mol. The average Bonchev–Trinajstić information content (AvgIpc) is 2.39. The van der Waals surface area contributed by atoms with Crippen molar-refractivity contribution in [3.05, 3.63) is 70.8 Å². The normalized spacial score (nSPS) is 13.7. The van der Waals surface area contributed by atoms with Gasteiger partial charge in [0.25, 0.3) is 0 Å². The van der Waals surface area contributed by atoms with E-state index < -0.39 is 0 Å². The molecule has 0 unspecified atom stereocenters. The number of hydrogen-bond donors (Lipinski definition) is 1. The van der Waals surface area contributed by atoms with Crippen molar-refractivity contribution in [2.24, 2.45) is 0 Å². The Bertz CT molecular complexity index is 602. The van der Waals surface area contributed by atoms with Crippen molar-refractivity contribution >= 4 is 23.0 Å². The van der Waals surface area contributed by atoms with Crippen LogP contribution in [0, 0.1) is 0 Å². The highest BCUT2D eigenvalue weighted by atomic mass is 35.5. The summed E-state index contributed by atoms with van der Waals surface area (Å²) in [5, 5.41) is 4.21. The van der Waals surface area contributed by atoms with Crippen LogP contribution >= 0.6 is 11.6 Å². The van der Waals surface area contributed by atoms with Crippen LogP contribution in [-0.4, -0.2) is 0 Å². The van der Waals surface area contributed by atoms with E-state index in [0.29, 0.717) is 0 Å². The molecule has 3 rings (SSSR count). The number of hydrogen-bond acceptors (Lipinski definition) is 1. The number of fused-ring (bicyclic) bond motifs is 1. The van der Waals surface area contributed by atoms with Crippen molar-refractivity contribution in [1.29, 1.82) is 0 Å². The number of rotatable bonds is 2. The maximum absolute atomic E-state index is 6.00. The third-order valence-corrected chi connectivity index (χ3v) is 3.41. The molecule has 0 aliphatic heterocycles. The first-order chi connectivity index (χ1) is 8.83. The first-order valence-electron chi connectivity index (χ1n) is 6.14. The lowest BCUT2D eigenvalue weighted by Gasteiger charge is -2.19. The predicted molar refractivity (Wildman–Crippen MR) is 77.8 cm³/mol. The molecule has 1 aliphatic rings. The molecule has 0 amide bonds. The molecule has 0 atom stereocenters. The lowest BCUT2D eigenvalue weighted by Crippen LogP contribution is -2.06. The molecule has 0 saturated heterocycles. The van der Waals surface area contributed by atoms with Crippen molar-refractivity contribution in [2.45, 2.75) is 12.8 Å². The van der Waals surface area contributed by atoms with Crippen LogP contribution in [0.1, 0.15) is 17.5 Å². The molecule has 90 valence electrons. The molecule has 18 heavy (non-hydrogen) atoms. The highest BCUT2D eigenvalue weighted by Gasteiger charge is 2.11. The Morgan fingerprint density at radius 3 is 2.78 bits per heavy atom. The van der Waals surface area contributed by atoms with Gasteiger partial charge in [-0.05, 0) is 36.6 Å². The smallest absolute Gasteiger partial charge is 0.0426 e. The van der Waals surface area contributed by atoms with Gasteiger partial charge in [-0.1, -0.05) is 48.0 Å². The summed E-state index contributed by atoms with van der Waals surface area (Å²) in [5.74, 6) is 0.